The Kier molecular flexibility index (Phi) is 10.8. The number of benzene rings is 2. The summed E-state index contributed by atoms with van der Waals surface area (Å²) >= 11 is 0. The fraction of sp³-hybridized carbons (Fsp3) is 0.481. The van der Waals surface area contributed by atoms with Crippen molar-refractivity contribution in [2.24, 2.45) is 0 Å². The molecule has 174 valence electrons. The third-order valence-electron chi connectivity index (χ3n) is 5.51. The van der Waals surface area contributed by atoms with Crippen molar-refractivity contribution >= 4 is 11.9 Å². The highest BCUT2D eigenvalue weighted by molar-refractivity contribution is 5.76. The largest absolute Gasteiger partial charge is 0.493 e. The van der Waals surface area contributed by atoms with Crippen molar-refractivity contribution in [1.29, 1.82) is 0 Å². The van der Waals surface area contributed by atoms with Gasteiger partial charge in [-0.15, -0.1) is 0 Å². The number of aryl methyl sites for hydroxylation is 1. The third kappa shape index (κ3) is 8.37. The van der Waals surface area contributed by atoms with Gasteiger partial charge in [0, 0.05) is 32.0 Å². The Hall–Kier alpha value is -2.82. The van der Waals surface area contributed by atoms with E-state index in [0.717, 1.165) is 60.1 Å². The standard InChI is InChI=1S/C27H37NO4/c1-4-6-8-12-26(29)28(3)20-22-10-9-11-23(18-22)24-15-13-21(14-16-27(30)31)19-25(24)32-17-7-5-2/h9-11,13,15,18-19H,4-8,12,14,16-17,20H2,1-3H3,(H,30,31). The van der Waals surface area contributed by atoms with Gasteiger partial charge >= 0.3 is 5.97 Å². The highest BCUT2D eigenvalue weighted by atomic mass is 16.5. The first kappa shape index (κ1) is 25.4. The SMILES string of the molecule is CCCCCC(=O)N(C)Cc1cccc(-c2ccc(CCC(=O)O)cc2OCCCC)c1. The topological polar surface area (TPSA) is 66.8 Å². The van der Waals surface area contributed by atoms with Crippen molar-refractivity contribution in [3.8, 4) is 16.9 Å². The summed E-state index contributed by atoms with van der Waals surface area (Å²) in [6.07, 6.45) is 6.30. The van der Waals surface area contributed by atoms with Gasteiger partial charge in [-0.1, -0.05) is 63.4 Å². The van der Waals surface area contributed by atoms with Gasteiger partial charge in [0.2, 0.25) is 5.91 Å². The summed E-state index contributed by atoms with van der Waals surface area (Å²) in [6, 6.07) is 14.1. The van der Waals surface area contributed by atoms with Gasteiger partial charge < -0.3 is 14.7 Å². The molecule has 0 aliphatic heterocycles. The van der Waals surface area contributed by atoms with Gasteiger partial charge in [0.1, 0.15) is 5.75 Å². The number of nitrogens with zero attached hydrogens (tertiary/aromatic N) is 1. The predicted molar refractivity (Wildman–Crippen MR) is 129 cm³/mol. The Morgan fingerprint density at radius 2 is 1.72 bits per heavy atom. The summed E-state index contributed by atoms with van der Waals surface area (Å²) in [5, 5.41) is 8.99. The quantitative estimate of drug-likeness (QED) is 0.362. The number of carbonyl (C=O) groups is 2. The van der Waals surface area contributed by atoms with Crippen LogP contribution < -0.4 is 4.74 Å². The van der Waals surface area contributed by atoms with E-state index in [9.17, 15) is 9.59 Å². The van der Waals surface area contributed by atoms with Gasteiger partial charge in [-0.05, 0) is 48.1 Å². The maximum absolute atomic E-state index is 12.4. The molecule has 2 aromatic carbocycles. The Labute approximate surface area is 192 Å². The van der Waals surface area contributed by atoms with Crippen LogP contribution >= 0.6 is 0 Å². The van der Waals surface area contributed by atoms with Crippen LogP contribution in [0.2, 0.25) is 0 Å². The molecule has 2 rings (SSSR count). The second-order valence-electron chi connectivity index (χ2n) is 8.33. The molecule has 32 heavy (non-hydrogen) atoms. The predicted octanol–water partition coefficient (Wildman–Crippen LogP) is 6.09. The third-order valence-corrected chi connectivity index (χ3v) is 5.51. The molecule has 0 fully saturated rings. The first-order valence-corrected chi connectivity index (χ1v) is 11.7. The maximum Gasteiger partial charge on any atom is 0.303 e. The molecule has 0 saturated heterocycles. The average Bonchev–Trinajstić information content (AvgIpc) is 2.78. The lowest BCUT2D eigenvalue weighted by Crippen LogP contribution is -2.25. The molecule has 0 aliphatic carbocycles. The number of hydrogen-bond acceptors (Lipinski definition) is 3. The number of amides is 1. The van der Waals surface area contributed by atoms with Gasteiger partial charge in [0.25, 0.3) is 0 Å². The number of rotatable bonds is 14. The molecule has 0 atom stereocenters. The number of carboxylic acids is 1. The zero-order valence-corrected chi connectivity index (χ0v) is 19.7. The van der Waals surface area contributed by atoms with Gasteiger partial charge in [-0.2, -0.15) is 0 Å². The van der Waals surface area contributed by atoms with Gasteiger partial charge in [-0.3, -0.25) is 9.59 Å². The van der Waals surface area contributed by atoms with Crippen LogP contribution in [0.25, 0.3) is 11.1 Å². The Morgan fingerprint density at radius 3 is 2.44 bits per heavy atom. The van der Waals surface area contributed by atoms with Crippen LogP contribution in [0.4, 0.5) is 0 Å². The molecule has 1 N–H and O–H groups in total. The molecule has 5 nitrogen and oxygen atoms in total. The Morgan fingerprint density at radius 1 is 0.938 bits per heavy atom. The van der Waals surface area contributed by atoms with E-state index in [1.54, 1.807) is 4.90 Å². The number of aliphatic carboxylic acids is 1. The van der Waals surface area contributed by atoms with Gasteiger partial charge in [0.05, 0.1) is 6.61 Å². The molecular weight excluding hydrogens is 402 g/mol. The highest BCUT2D eigenvalue weighted by Gasteiger charge is 2.12. The summed E-state index contributed by atoms with van der Waals surface area (Å²) < 4.78 is 6.08. The maximum atomic E-state index is 12.4. The van der Waals surface area contributed by atoms with E-state index in [-0.39, 0.29) is 12.3 Å². The Bertz CT molecular complexity index is 878. The van der Waals surface area contributed by atoms with E-state index >= 15 is 0 Å². The Balaban J connectivity index is 2.20. The summed E-state index contributed by atoms with van der Waals surface area (Å²) in [6.45, 7) is 5.46. The molecule has 0 radical (unpaired) electrons. The fourth-order valence-corrected chi connectivity index (χ4v) is 3.57. The van der Waals surface area contributed by atoms with Crippen molar-refractivity contribution in [1.82, 2.24) is 4.90 Å². The summed E-state index contributed by atoms with van der Waals surface area (Å²) in [7, 11) is 1.86. The van der Waals surface area contributed by atoms with Crippen LogP contribution in [0.5, 0.6) is 5.75 Å². The average molecular weight is 440 g/mol. The molecule has 0 spiro atoms. The molecule has 0 aliphatic rings. The van der Waals surface area contributed by atoms with Crippen LogP contribution in [0.15, 0.2) is 42.5 Å². The number of ether oxygens (including phenoxy) is 1. The smallest absolute Gasteiger partial charge is 0.303 e. The highest BCUT2D eigenvalue weighted by Crippen LogP contribution is 2.32. The van der Waals surface area contributed by atoms with E-state index in [4.69, 9.17) is 9.84 Å². The number of hydrogen-bond donors (Lipinski definition) is 1. The lowest BCUT2D eigenvalue weighted by Gasteiger charge is -2.18. The van der Waals surface area contributed by atoms with Crippen LogP contribution in [-0.4, -0.2) is 35.5 Å². The van der Waals surface area contributed by atoms with Crippen molar-refractivity contribution in [3.05, 3.63) is 53.6 Å². The molecule has 1 amide bonds. The van der Waals surface area contributed by atoms with Gasteiger partial charge in [0.15, 0.2) is 0 Å². The van der Waals surface area contributed by atoms with E-state index in [0.29, 0.717) is 26.0 Å². The van der Waals surface area contributed by atoms with E-state index < -0.39 is 5.97 Å². The van der Waals surface area contributed by atoms with Crippen molar-refractivity contribution < 1.29 is 19.4 Å². The number of carbonyl (C=O) groups excluding carboxylic acids is 1. The first-order valence-electron chi connectivity index (χ1n) is 11.7. The summed E-state index contributed by atoms with van der Waals surface area (Å²) in [5.41, 5.74) is 4.05. The van der Waals surface area contributed by atoms with Crippen molar-refractivity contribution in [2.75, 3.05) is 13.7 Å². The van der Waals surface area contributed by atoms with E-state index in [1.807, 2.05) is 43.4 Å². The lowest BCUT2D eigenvalue weighted by atomic mass is 9.99. The molecule has 0 saturated carbocycles. The van der Waals surface area contributed by atoms with Crippen molar-refractivity contribution in [3.63, 3.8) is 0 Å². The molecule has 0 unspecified atom stereocenters. The van der Waals surface area contributed by atoms with Crippen LogP contribution in [0, 0.1) is 0 Å². The van der Waals surface area contributed by atoms with E-state index in [1.165, 1.54) is 0 Å². The van der Waals surface area contributed by atoms with Crippen LogP contribution in [0.1, 0.15) is 69.9 Å². The molecule has 5 heteroatoms. The number of unbranched alkanes of at least 4 members (excludes halogenated alkanes) is 3. The molecule has 2 aromatic rings. The second-order valence-corrected chi connectivity index (χ2v) is 8.33. The molecule has 0 aromatic heterocycles. The van der Waals surface area contributed by atoms with Crippen molar-refractivity contribution in [2.45, 2.75) is 71.8 Å². The van der Waals surface area contributed by atoms with Crippen LogP contribution in [0.3, 0.4) is 0 Å². The van der Waals surface area contributed by atoms with Crippen LogP contribution in [-0.2, 0) is 22.6 Å². The zero-order chi connectivity index (χ0) is 23.3. The molecule has 0 heterocycles. The summed E-state index contributed by atoms with van der Waals surface area (Å²) in [5.74, 6) is 0.154. The molecular formula is C27H37NO4. The summed E-state index contributed by atoms with van der Waals surface area (Å²) in [4.78, 5) is 25.1. The van der Waals surface area contributed by atoms with Gasteiger partial charge in [-0.25, -0.2) is 0 Å². The van der Waals surface area contributed by atoms with E-state index in [2.05, 4.69) is 19.9 Å². The minimum Gasteiger partial charge on any atom is -0.493 e. The molecule has 0 bridgehead atoms. The normalized spacial score (nSPS) is 10.7. The minimum absolute atomic E-state index is 0.0991. The monoisotopic (exact) mass is 439 g/mol. The lowest BCUT2D eigenvalue weighted by molar-refractivity contribution is -0.137. The fourth-order valence-electron chi connectivity index (χ4n) is 3.57. The second kappa shape index (κ2) is 13.6. The minimum atomic E-state index is -0.802. The number of carboxylic acid groups (broad SMARTS) is 1. The zero-order valence-electron chi connectivity index (χ0n) is 19.7. The first-order chi connectivity index (χ1) is 15.4.